The molecule has 1 amide bonds. The van der Waals surface area contributed by atoms with Crippen molar-refractivity contribution in [3.8, 4) is 0 Å². The van der Waals surface area contributed by atoms with Gasteiger partial charge in [0.05, 0.1) is 6.33 Å². The van der Waals surface area contributed by atoms with Crippen molar-refractivity contribution in [2.45, 2.75) is 19.4 Å². The van der Waals surface area contributed by atoms with Crippen LogP contribution in [0.1, 0.15) is 12.1 Å². The second-order valence-electron chi connectivity index (χ2n) is 5.78. The van der Waals surface area contributed by atoms with Crippen molar-refractivity contribution in [3.63, 3.8) is 0 Å². The molecule has 1 unspecified atom stereocenters. The van der Waals surface area contributed by atoms with Crippen LogP contribution in [0, 0.1) is 5.92 Å². The Bertz CT molecular complexity index is 832. The molecule has 22 heavy (non-hydrogen) atoms. The first-order chi connectivity index (χ1) is 10.8. The van der Waals surface area contributed by atoms with Crippen molar-refractivity contribution in [3.05, 3.63) is 60.7 Å². The third-order valence-electron chi connectivity index (χ3n) is 4.39. The van der Waals surface area contributed by atoms with E-state index in [0.29, 0.717) is 0 Å². The van der Waals surface area contributed by atoms with Crippen molar-refractivity contribution in [1.29, 1.82) is 0 Å². The zero-order valence-electron chi connectivity index (χ0n) is 12.2. The summed E-state index contributed by atoms with van der Waals surface area (Å²) in [6.07, 6.45) is 5.32. The molecule has 1 atom stereocenters. The van der Waals surface area contributed by atoms with E-state index in [1.807, 2.05) is 42.9 Å². The molecule has 0 aliphatic carbocycles. The number of nitrogens with one attached hydrogen (secondary N) is 1. The second kappa shape index (κ2) is 5.30. The maximum atomic E-state index is 12.6. The molecule has 3 aromatic rings. The lowest BCUT2D eigenvalue weighted by atomic mass is 9.95. The summed E-state index contributed by atoms with van der Waals surface area (Å²) in [7, 11) is 0. The zero-order valence-corrected chi connectivity index (χ0v) is 12.2. The predicted molar refractivity (Wildman–Crippen MR) is 86.6 cm³/mol. The van der Waals surface area contributed by atoms with Crippen molar-refractivity contribution in [2.24, 2.45) is 5.92 Å². The van der Waals surface area contributed by atoms with E-state index < -0.39 is 0 Å². The van der Waals surface area contributed by atoms with Crippen LogP contribution in [0.4, 0.5) is 5.69 Å². The van der Waals surface area contributed by atoms with E-state index in [1.54, 1.807) is 0 Å². The SMILES string of the molecule is O=C(Nc1cccc2ccccc12)C1CCn2cncc2C1. The summed E-state index contributed by atoms with van der Waals surface area (Å²) < 4.78 is 2.13. The van der Waals surface area contributed by atoms with Crippen LogP contribution in [-0.2, 0) is 17.8 Å². The highest BCUT2D eigenvalue weighted by atomic mass is 16.1. The number of aryl methyl sites for hydroxylation is 1. The van der Waals surface area contributed by atoms with Crippen LogP contribution in [0.5, 0.6) is 0 Å². The van der Waals surface area contributed by atoms with Gasteiger partial charge in [0.1, 0.15) is 0 Å². The summed E-state index contributed by atoms with van der Waals surface area (Å²) in [6, 6.07) is 14.1. The summed E-state index contributed by atoms with van der Waals surface area (Å²) in [5.74, 6) is 0.118. The highest BCUT2D eigenvalue weighted by Gasteiger charge is 2.25. The van der Waals surface area contributed by atoms with Gasteiger partial charge in [0.2, 0.25) is 5.91 Å². The molecule has 1 N–H and O–H groups in total. The van der Waals surface area contributed by atoms with Gasteiger partial charge in [-0.3, -0.25) is 4.79 Å². The van der Waals surface area contributed by atoms with Gasteiger partial charge in [-0.25, -0.2) is 4.98 Å². The van der Waals surface area contributed by atoms with Gasteiger partial charge in [-0.2, -0.15) is 0 Å². The number of rotatable bonds is 2. The average Bonchev–Trinajstić information content (AvgIpc) is 3.02. The van der Waals surface area contributed by atoms with Gasteiger partial charge < -0.3 is 9.88 Å². The normalized spacial score (nSPS) is 17.2. The molecule has 0 bridgehead atoms. The van der Waals surface area contributed by atoms with Gasteiger partial charge in [-0.1, -0.05) is 36.4 Å². The molecule has 4 rings (SSSR count). The fraction of sp³-hybridized carbons (Fsp3) is 0.222. The Hall–Kier alpha value is -2.62. The minimum atomic E-state index is 0.0168. The number of imidazole rings is 1. The second-order valence-corrected chi connectivity index (χ2v) is 5.78. The highest BCUT2D eigenvalue weighted by Crippen LogP contribution is 2.26. The van der Waals surface area contributed by atoms with E-state index in [2.05, 4.69) is 27.0 Å². The molecular weight excluding hydrogens is 274 g/mol. The summed E-state index contributed by atoms with van der Waals surface area (Å²) in [4.78, 5) is 16.8. The molecule has 1 aliphatic rings. The number of carbonyl (C=O) groups is 1. The summed E-state index contributed by atoms with van der Waals surface area (Å²) in [5.41, 5.74) is 2.03. The number of amides is 1. The molecule has 1 aromatic heterocycles. The molecule has 4 heteroatoms. The van der Waals surface area contributed by atoms with E-state index in [0.717, 1.165) is 41.5 Å². The molecule has 4 nitrogen and oxygen atoms in total. The number of hydrogen-bond acceptors (Lipinski definition) is 2. The van der Waals surface area contributed by atoms with Crippen LogP contribution in [0.15, 0.2) is 55.0 Å². The summed E-state index contributed by atoms with van der Waals surface area (Å²) in [5, 5.41) is 5.33. The maximum absolute atomic E-state index is 12.6. The number of hydrogen-bond donors (Lipinski definition) is 1. The number of benzene rings is 2. The first-order valence-electron chi connectivity index (χ1n) is 7.59. The molecule has 0 spiro atoms. The Kier molecular flexibility index (Phi) is 3.15. The lowest BCUT2D eigenvalue weighted by molar-refractivity contribution is -0.120. The number of anilines is 1. The Balaban J connectivity index is 1.57. The number of nitrogens with zero attached hydrogens (tertiary/aromatic N) is 2. The first-order valence-corrected chi connectivity index (χ1v) is 7.59. The number of carbonyl (C=O) groups excluding carboxylic acids is 1. The van der Waals surface area contributed by atoms with Crippen LogP contribution in [-0.4, -0.2) is 15.5 Å². The van der Waals surface area contributed by atoms with Crippen LogP contribution in [0.3, 0.4) is 0 Å². The van der Waals surface area contributed by atoms with E-state index in [4.69, 9.17) is 0 Å². The van der Waals surface area contributed by atoms with Crippen LogP contribution in [0.25, 0.3) is 10.8 Å². The third-order valence-corrected chi connectivity index (χ3v) is 4.39. The van der Waals surface area contributed by atoms with E-state index >= 15 is 0 Å². The minimum absolute atomic E-state index is 0.0168. The molecule has 1 aliphatic heterocycles. The highest BCUT2D eigenvalue weighted by molar-refractivity contribution is 6.02. The van der Waals surface area contributed by atoms with Crippen LogP contribution in [0.2, 0.25) is 0 Å². The van der Waals surface area contributed by atoms with Crippen molar-refractivity contribution in [2.75, 3.05) is 5.32 Å². The van der Waals surface area contributed by atoms with Crippen LogP contribution < -0.4 is 5.32 Å². The van der Waals surface area contributed by atoms with Gasteiger partial charge in [0.15, 0.2) is 0 Å². The molecule has 2 heterocycles. The van der Waals surface area contributed by atoms with E-state index in [9.17, 15) is 4.79 Å². The molecule has 0 saturated carbocycles. The molecule has 110 valence electrons. The monoisotopic (exact) mass is 291 g/mol. The van der Waals surface area contributed by atoms with Gasteiger partial charge in [-0.15, -0.1) is 0 Å². The first kappa shape index (κ1) is 13.1. The van der Waals surface area contributed by atoms with Gasteiger partial charge in [-0.05, 0) is 17.9 Å². The quantitative estimate of drug-likeness (QED) is 0.788. The molecule has 0 saturated heterocycles. The molecule has 0 radical (unpaired) electrons. The number of fused-ring (bicyclic) bond motifs is 2. The van der Waals surface area contributed by atoms with Crippen molar-refractivity contribution in [1.82, 2.24) is 9.55 Å². The van der Waals surface area contributed by atoms with Crippen molar-refractivity contribution < 1.29 is 4.79 Å². The smallest absolute Gasteiger partial charge is 0.227 e. The summed E-state index contributed by atoms with van der Waals surface area (Å²) in [6.45, 7) is 0.864. The molecule has 0 fully saturated rings. The number of aromatic nitrogens is 2. The minimum Gasteiger partial charge on any atom is -0.335 e. The van der Waals surface area contributed by atoms with Crippen LogP contribution >= 0.6 is 0 Å². The maximum Gasteiger partial charge on any atom is 0.227 e. The third kappa shape index (κ3) is 2.26. The average molecular weight is 291 g/mol. The summed E-state index contributed by atoms with van der Waals surface area (Å²) >= 11 is 0. The van der Waals surface area contributed by atoms with Gasteiger partial charge in [0, 0.05) is 41.8 Å². The fourth-order valence-electron chi connectivity index (χ4n) is 3.16. The Morgan fingerprint density at radius 1 is 1.18 bits per heavy atom. The van der Waals surface area contributed by atoms with E-state index in [-0.39, 0.29) is 11.8 Å². The zero-order chi connectivity index (χ0) is 14.9. The lowest BCUT2D eigenvalue weighted by Crippen LogP contribution is -2.29. The van der Waals surface area contributed by atoms with Gasteiger partial charge >= 0.3 is 0 Å². The van der Waals surface area contributed by atoms with E-state index in [1.165, 1.54) is 0 Å². The Labute approximate surface area is 128 Å². The molecular formula is C18H17N3O. The standard InChI is InChI=1S/C18H17N3O/c22-18(14-8-9-21-12-19-11-15(21)10-14)20-17-7-3-5-13-4-1-2-6-16(13)17/h1-7,11-12,14H,8-10H2,(H,20,22). The lowest BCUT2D eigenvalue weighted by Gasteiger charge is -2.23. The fourth-order valence-corrected chi connectivity index (χ4v) is 3.16. The molecule has 2 aromatic carbocycles. The Morgan fingerprint density at radius 3 is 3.00 bits per heavy atom. The largest absolute Gasteiger partial charge is 0.335 e. The Morgan fingerprint density at radius 2 is 2.05 bits per heavy atom. The van der Waals surface area contributed by atoms with Gasteiger partial charge in [0.25, 0.3) is 0 Å². The topological polar surface area (TPSA) is 46.9 Å². The van der Waals surface area contributed by atoms with Crippen molar-refractivity contribution >= 4 is 22.4 Å². The predicted octanol–water partition coefficient (Wildman–Crippen LogP) is 3.24.